The van der Waals surface area contributed by atoms with Crippen LogP contribution < -0.4 is 0 Å². The Kier molecular flexibility index (Phi) is 3.56. The number of Topliss-reactive ketones (excluding diaryl/α,β-unsaturated/α-hetero) is 1. The van der Waals surface area contributed by atoms with Gasteiger partial charge in [-0.3, -0.25) is 4.79 Å². The molecule has 0 bridgehead atoms. The average molecular weight is 331 g/mol. The zero-order valence-corrected chi connectivity index (χ0v) is 13.4. The first-order valence-electron chi connectivity index (χ1n) is 6.94. The van der Waals surface area contributed by atoms with Crippen LogP contribution in [0.1, 0.15) is 22.8 Å². The molecule has 0 atom stereocenters. The molecule has 2 aromatic carbocycles. The van der Waals surface area contributed by atoms with Crippen molar-refractivity contribution in [3.8, 4) is 0 Å². The van der Waals surface area contributed by atoms with Gasteiger partial charge in [-0.1, -0.05) is 17.7 Å². The van der Waals surface area contributed by atoms with E-state index >= 15 is 0 Å². The fourth-order valence-corrected chi connectivity index (χ4v) is 3.84. The summed E-state index contributed by atoms with van der Waals surface area (Å²) in [4.78, 5) is 11.8. The van der Waals surface area contributed by atoms with Crippen LogP contribution in [0.4, 0.5) is 4.39 Å². The van der Waals surface area contributed by atoms with Crippen molar-refractivity contribution in [2.24, 2.45) is 0 Å². The molecular formula is C17H14FNO3S. The lowest BCUT2D eigenvalue weighted by atomic mass is 10.1. The van der Waals surface area contributed by atoms with Crippen LogP contribution in [0, 0.1) is 12.7 Å². The van der Waals surface area contributed by atoms with Gasteiger partial charge in [-0.2, -0.15) is 0 Å². The first-order valence-corrected chi connectivity index (χ1v) is 8.38. The van der Waals surface area contributed by atoms with Crippen molar-refractivity contribution in [2.75, 3.05) is 0 Å². The summed E-state index contributed by atoms with van der Waals surface area (Å²) >= 11 is 0. The van der Waals surface area contributed by atoms with Crippen LogP contribution in [0.2, 0.25) is 0 Å². The Bertz CT molecular complexity index is 1020. The number of hydrogen-bond donors (Lipinski definition) is 0. The number of nitrogens with zero attached hydrogens (tertiary/aromatic N) is 1. The Morgan fingerprint density at radius 3 is 2.35 bits per heavy atom. The Morgan fingerprint density at radius 1 is 1.09 bits per heavy atom. The van der Waals surface area contributed by atoms with Crippen molar-refractivity contribution in [3.63, 3.8) is 0 Å². The van der Waals surface area contributed by atoms with E-state index in [4.69, 9.17) is 0 Å². The molecule has 1 aromatic heterocycles. The van der Waals surface area contributed by atoms with E-state index in [9.17, 15) is 17.6 Å². The number of carbonyl (C=O) groups is 1. The first-order chi connectivity index (χ1) is 10.8. The van der Waals surface area contributed by atoms with Gasteiger partial charge < -0.3 is 0 Å². The van der Waals surface area contributed by atoms with Gasteiger partial charge in [-0.25, -0.2) is 16.8 Å². The van der Waals surface area contributed by atoms with Crippen LogP contribution in [0.5, 0.6) is 0 Å². The summed E-state index contributed by atoms with van der Waals surface area (Å²) in [5.41, 5.74) is 1.32. The monoisotopic (exact) mass is 331 g/mol. The largest absolute Gasteiger partial charge is 0.294 e. The number of halogens is 1. The lowest BCUT2D eigenvalue weighted by Crippen LogP contribution is -2.12. The zero-order valence-electron chi connectivity index (χ0n) is 12.6. The van der Waals surface area contributed by atoms with E-state index in [1.54, 1.807) is 12.1 Å². The molecular weight excluding hydrogens is 317 g/mol. The maximum atomic E-state index is 13.6. The average Bonchev–Trinajstić information content (AvgIpc) is 2.87. The highest BCUT2D eigenvalue weighted by Gasteiger charge is 2.22. The molecule has 1 heterocycles. The minimum Gasteiger partial charge on any atom is -0.294 e. The van der Waals surface area contributed by atoms with Crippen LogP contribution in [0.25, 0.3) is 10.9 Å². The smallest absolute Gasteiger partial charge is 0.268 e. The molecule has 0 saturated carbocycles. The number of aryl methyl sites for hydroxylation is 1. The number of ketones is 1. The van der Waals surface area contributed by atoms with Gasteiger partial charge in [0.25, 0.3) is 10.0 Å². The molecule has 118 valence electrons. The molecule has 0 saturated heterocycles. The molecule has 23 heavy (non-hydrogen) atoms. The van der Waals surface area contributed by atoms with Gasteiger partial charge in [0.2, 0.25) is 0 Å². The van der Waals surface area contributed by atoms with Crippen molar-refractivity contribution in [1.29, 1.82) is 0 Å². The lowest BCUT2D eigenvalue weighted by molar-refractivity contribution is 0.101. The maximum absolute atomic E-state index is 13.6. The van der Waals surface area contributed by atoms with Gasteiger partial charge in [-0.05, 0) is 44.2 Å². The third kappa shape index (κ3) is 2.55. The van der Waals surface area contributed by atoms with Gasteiger partial charge in [0.05, 0.1) is 10.4 Å². The normalized spacial score (nSPS) is 11.8. The number of benzene rings is 2. The van der Waals surface area contributed by atoms with Crippen molar-refractivity contribution < 1.29 is 17.6 Å². The predicted molar refractivity (Wildman–Crippen MR) is 85.7 cm³/mol. The predicted octanol–water partition coefficient (Wildman–Crippen LogP) is 3.53. The third-order valence-electron chi connectivity index (χ3n) is 3.69. The molecule has 0 aliphatic heterocycles. The highest BCUT2D eigenvalue weighted by atomic mass is 32.2. The number of aromatic nitrogens is 1. The zero-order chi connectivity index (χ0) is 16.8. The number of fused-ring (bicyclic) bond motifs is 1. The maximum Gasteiger partial charge on any atom is 0.268 e. The van der Waals surface area contributed by atoms with Crippen molar-refractivity contribution >= 4 is 26.7 Å². The van der Waals surface area contributed by atoms with E-state index in [-0.39, 0.29) is 21.8 Å². The quantitative estimate of drug-likeness (QED) is 0.690. The van der Waals surface area contributed by atoms with E-state index in [1.165, 1.54) is 37.4 Å². The highest BCUT2D eigenvalue weighted by molar-refractivity contribution is 7.90. The van der Waals surface area contributed by atoms with Crippen LogP contribution in [0.15, 0.2) is 53.6 Å². The van der Waals surface area contributed by atoms with E-state index in [1.807, 2.05) is 6.92 Å². The molecule has 0 fully saturated rings. The number of carbonyl (C=O) groups excluding carboxylic acids is 1. The molecule has 0 radical (unpaired) electrons. The Balaban J connectivity index is 2.33. The molecule has 0 N–H and O–H groups in total. The minimum atomic E-state index is -3.91. The van der Waals surface area contributed by atoms with E-state index in [0.29, 0.717) is 5.39 Å². The number of hydrogen-bond acceptors (Lipinski definition) is 3. The van der Waals surface area contributed by atoms with Crippen molar-refractivity contribution in [2.45, 2.75) is 18.7 Å². The minimum absolute atomic E-state index is 0.0827. The van der Waals surface area contributed by atoms with Crippen molar-refractivity contribution in [1.82, 2.24) is 3.97 Å². The van der Waals surface area contributed by atoms with E-state index in [0.717, 1.165) is 15.6 Å². The Labute approximate surface area is 133 Å². The Hall–Kier alpha value is -2.47. The topological polar surface area (TPSA) is 56.1 Å². The van der Waals surface area contributed by atoms with Crippen LogP contribution in [-0.4, -0.2) is 18.2 Å². The number of rotatable bonds is 3. The molecule has 6 heteroatoms. The third-order valence-corrected chi connectivity index (χ3v) is 5.38. The molecule has 0 spiro atoms. The van der Waals surface area contributed by atoms with Crippen molar-refractivity contribution in [3.05, 3.63) is 65.6 Å². The Morgan fingerprint density at radius 2 is 1.74 bits per heavy atom. The van der Waals surface area contributed by atoms with Gasteiger partial charge in [0.15, 0.2) is 5.78 Å². The molecule has 3 rings (SSSR count). The van der Waals surface area contributed by atoms with Gasteiger partial charge in [0.1, 0.15) is 5.82 Å². The van der Waals surface area contributed by atoms with E-state index in [2.05, 4.69) is 0 Å². The fourth-order valence-electron chi connectivity index (χ4n) is 2.47. The summed E-state index contributed by atoms with van der Waals surface area (Å²) in [6.45, 7) is 3.20. The second-order valence-electron chi connectivity index (χ2n) is 5.37. The standard InChI is InChI=1S/C17H14FNO3S/c1-11-3-6-14(7-4-11)23(21,22)19-10-16(12(2)20)15-8-5-13(18)9-17(15)19/h3-10H,1-2H3. The SMILES string of the molecule is CC(=O)c1cn(S(=O)(=O)c2ccc(C)cc2)c2cc(F)ccc12. The van der Waals surface area contributed by atoms with Crippen LogP contribution >= 0.6 is 0 Å². The van der Waals surface area contributed by atoms with E-state index < -0.39 is 15.8 Å². The van der Waals surface area contributed by atoms with Gasteiger partial charge >= 0.3 is 0 Å². The van der Waals surface area contributed by atoms with Crippen LogP contribution in [0.3, 0.4) is 0 Å². The summed E-state index contributed by atoms with van der Waals surface area (Å²) in [5, 5.41) is 0.412. The first kappa shape index (κ1) is 15.4. The van der Waals surface area contributed by atoms with Crippen LogP contribution in [-0.2, 0) is 10.0 Å². The summed E-state index contributed by atoms with van der Waals surface area (Å²) in [5.74, 6) is -0.842. The second-order valence-corrected chi connectivity index (χ2v) is 7.19. The summed E-state index contributed by atoms with van der Waals surface area (Å²) in [6, 6.07) is 10.1. The fraction of sp³-hybridized carbons (Fsp3) is 0.118. The second kappa shape index (κ2) is 5.31. The summed E-state index contributed by atoms with van der Waals surface area (Å²) in [6.07, 6.45) is 1.25. The highest BCUT2D eigenvalue weighted by Crippen LogP contribution is 2.27. The van der Waals surface area contributed by atoms with Gasteiger partial charge in [-0.15, -0.1) is 0 Å². The summed E-state index contributed by atoms with van der Waals surface area (Å²) < 4.78 is 40.2. The molecule has 0 aliphatic rings. The van der Waals surface area contributed by atoms with Gasteiger partial charge in [0, 0.05) is 17.1 Å². The molecule has 4 nitrogen and oxygen atoms in total. The summed E-state index contributed by atoms with van der Waals surface area (Å²) in [7, 11) is -3.91. The lowest BCUT2D eigenvalue weighted by Gasteiger charge is -2.08. The molecule has 0 unspecified atom stereocenters. The molecule has 0 amide bonds. The molecule has 0 aliphatic carbocycles. The molecule has 3 aromatic rings.